The van der Waals surface area contributed by atoms with Gasteiger partial charge in [-0.05, 0) is 50.6 Å². The highest BCUT2D eigenvalue weighted by Gasteiger charge is 2.16. The predicted molar refractivity (Wildman–Crippen MR) is 104 cm³/mol. The second kappa shape index (κ2) is 9.20. The van der Waals surface area contributed by atoms with Crippen LogP contribution in [0.4, 0.5) is 0 Å². The Labute approximate surface area is 159 Å². The van der Waals surface area contributed by atoms with Crippen molar-refractivity contribution in [3.8, 4) is 0 Å². The fourth-order valence-corrected chi connectivity index (χ4v) is 3.41. The van der Waals surface area contributed by atoms with E-state index in [2.05, 4.69) is 9.97 Å². The molecule has 0 aliphatic rings. The predicted octanol–water partition coefficient (Wildman–Crippen LogP) is 4.45. The number of hydrogen-bond donors (Lipinski definition) is 0. The molecule has 0 saturated heterocycles. The minimum atomic E-state index is 0.121. The summed E-state index contributed by atoms with van der Waals surface area (Å²) in [6.45, 7) is 7.14. The highest BCUT2D eigenvalue weighted by molar-refractivity contribution is 7.98. The Kier molecular flexibility index (Phi) is 7.26. The first kappa shape index (κ1) is 19.7. The van der Waals surface area contributed by atoms with Gasteiger partial charge in [-0.2, -0.15) is 0 Å². The summed E-state index contributed by atoms with van der Waals surface area (Å²) in [6, 6.07) is 7.65. The summed E-state index contributed by atoms with van der Waals surface area (Å²) < 4.78 is 0. The maximum absolute atomic E-state index is 12.6. The quantitative estimate of drug-likeness (QED) is 0.528. The molecule has 1 amide bonds. The van der Waals surface area contributed by atoms with Gasteiger partial charge in [0.1, 0.15) is 0 Å². The molecule has 0 saturated carbocycles. The lowest BCUT2D eigenvalue weighted by Gasteiger charge is -2.22. The van der Waals surface area contributed by atoms with Gasteiger partial charge in [-0.25, -0.2) is 9.97 Å². The largest absolute Gasteiger partial charge is 0.339 e. The van der Waals surface area contributed by atoms with Crippen LogP contribution in [0.2, 0.25) is 5.02 Å². The molecule has 6 heteroatoms. The van der Waals surface area contributed by atoms with Crippen LogP contribution in [0.15, 0.2) is 29.4 Å². The zero-order chi connectivity index (χ0) is 18.4. The van der Waals surface area contributed by atoms with E-state index in [0.717, 1.165) is 27.7 Å². The van der Waals surface area contributed by atoms with Crippen LogP contribution >= 0.6 is 23.4 Å². The molecular formula is C19H24ClN3OS. The summed E-state index contributed by atoms with van der Waals surface area (Å²) in [5, 5.41) is 1.47. The molecule has 0 unspecified atom stereocenters. The van der Waals surface area contributed by atoms with Gasteiger partial charge in [-0.3, -0.25) is 4.79 Å². The van der Waals surface area contributed by atoms with Crippen molar-refractivity contribution >= 4 is 29.3 Å². The van der Waals surface area contributed by atoms with Gasteiger partial charge in [0.05, 0.1) is 0 Å². The Hall–Kier alpha value is -1.59. The van der Waals surface area contributed by atoms with Gasteiger partial charge in [0, 0.05) is 35.9 Å². The first-order valence-electron chi connectivity index (χ1n) is 8.35. The Morgan fingerprint density at radius 1 is 1.20 bits per heavy atom. The molecule has 0 aliphatic carbocycles. The lowest BCUT2D eigenvalue weighted by molar-refractivity contribution is -0.131. The molecule has 1 aromatic carbocycles. The average molecular weight is 378 g/mol. The fraction of sp³-hybridized carbons (Fsp3) is 0.421. The van der Waals surface area contributed by atoms with E-state index in [0.29, 0.717) is 31.0 Å². The summed E-state index contributed by atoms with van der Waals surface area (Å²) in [5.74, 6) is 0.121. The van der Waals surface area contributed by atoms with Gasteiger partial charge in [-0.15, -0.1) is 0 Å². The van der Waals surface area contributed by atoms with E-state index in [-0.39, 0.29) is 5.91 Å². The molecule has 0 radical (unpaired) electrons. The summed E-state index contributed by atoms with van der Waals surface area (Å²) >= 11 is 7.75. The summed E-state index contributed by atoms with van der Waals surface area (Å²) in [6.07, 6.45) is 3.07. The molecular weight excluding hydrogens is 354 g/mol. The maximum atomic E-state index is 12.6. The number of hydrogen-bond acceptors (Lipinski definition) is 4. The molecule has 134 valence electrons. The summed E-state index contributed by atoms with van der Waals surface area (Å²) in [7, 11) is 0. The molecule has 25 heavy (non-hydrogen) atoms. The zero-order valence-electron chi connectivity index (χ0n) is 15.2. The van der Waals surface area contributed by atoms with Gasteiger partial charge in [0.2, 0.25) is 5.91 Å². The van der Waals surface area contributed by atoms with Crippen LogP contribution in [0, 0.1) is 13.8 Å². The first-order chi connectivity index (χ1) is 12.0. The van der Waals surface area contributed by atoms with Crippen molar-refractivity contribution in [2.45, 2.75) is 45.3 Å². The number of thioether (sulfide) groups is 1. The van der Waals surface area contributed by atoms with Crippen molar-refractivity contribution in [3.05, 3.63) is 51.8 Å². The number of amides is 1. The standard InChI is InChI=1S/C19H24ClN3OS/c1-5-23(12-15-8-6-7-9-17(15)20)18(24)11-10-16-13(2)21-19(25-4)22-14(16)3/h6-9H,5,10-12H2,1-4H3. The molecule has 1 heterocycles. The van der Waals surface area contributed by atoms with Gasteiger partial charge in [0.15, 0.2) is 5.16 Å². The van der Waals surface area contributed by atoms with Crippen molar-refractivity contribution < 1.29 is 4.79 Å². The van der Waals surface area contributed by atoms with Crippen molar-refractivity contribution in [3.63, 3.8) is 0 Å². The minimum absolute atomic E-state index is 0.121. The summed E-state index contributed by atoms with van der Waals surface area (Å²) in [4.78, 5) is 23.5. The van der Waals surface area contributed by atoms with E-state index < -0.39 is 0 Å². The topological polar surface area (TPSA) is 46.1 Å². The molecule has 0 spiro atoms. The van der Waals surface area contributed by atoms with E-state index >= 15 is 0 Å². The zero-order valence-corrected chi connectivity index (χ0v) is 16.7. The van der Waals surface area contributed by atoms with Crippen LogP contribution in [0.1, 0.15) is 35.9 Å². The smallest absolute Gasteiger partial charge is 0.223 e. The van der Waals surface area contributed by atoms with Gasteiger partial charge >= 0.3 is 0 Å². The molecule has 1 aromatic heterocycles. The van der Waals surface area contributed by atoms with Gasteiger partial charge < -0.3 is 4.90 Å². The molecule has 2 aromatic rings. The molecule has 0 fully saturated rings. The average Bonchev–Trinajstić information content (AvgIpc) is 2.59. The Morgan fingerprint density at radius 3 is 2.40 bits per heavy atom. The van der Waals surface area contributed by atoms with E-state index in [1.165, 1.54) is 11.8 Å². The number of carbonyl (C=O) groups excluding carboxylic acids is 1. The molecule has 0 atom stereocenters. The lowest BCUT2D eigenvalue weighted by atomic mass is 10.1. The third-order valence-corrected chi connectivity index (χ3v) is 5.14. The number of carbonyl (C=O) groups is 1. The third-order valence-electron chi connectivity index (χ3n) is 4.23. The van der Waals surface area contributed by atoms with E-state index in [1.54, 1.807) is 0 Å². The normalized spacial score (nSPS) is 10.8. The van der Waals surface area contributed by atoms with Crippen LogP contribution in [0.3, 0.4) is 0 Å². The van der Waals surface area contributed by atoms with Crippen LogP contribution < -0.4 is 0 Å². The lowest BCUT2D eigenvalue weighted by Crippen LogP contribution is -2.30. The number of aryl methyl sites for hydroxylation is 2. The van der Waals surface area contributed by atoms with Crippen LogP contribution in [-0.4, -0.2) is 33.6 Å². The maximum Gasteiger partial charge on any atom is 0.223 e. The SMILES string of the molecule is CCN(Cc1ccccc1Cl)C(=O)CCc1c(C)nc(SC)nc1C. The van der Waals surface area contributed by atoms with Gasteiger partial charge in [-0.1, -0.05) is 41.6 Å². The monoisotopic (exact) mass is 377 g/mol. The van der Waals surface area contributed by atoms with E-state index in [4.69, 9.17) is 11.6 Å². The number of nitrogens with zero attached hydrogens (tertiary/aromatic N) is 3. The van der Waals surface area contributed by atoms with Crippen molar-refractivity contribution in [1.29, 1.82) is 0 Å². The highest BCUT2D eigenvalue weighted by Crippen LogP contribution is 2.19. The Balaban J connectivity index is 2.04. The molecule has 0 N–H and O–H groups in total. The van der Waals surface area contributed by atoms with Crippen LogP contribution in [-0.2, 0) is 17.8 Å². The third kappa shape index (κ3) is 5.19. The highest BCUT2D eigenvalue weighted by atomic mass is 35.5. The van der Waals surface area contributed by atoms with Crippen LogP contribution in [0.25, 0.3) is 0 Å². The van der Waals surface area contributed by atoms with Crippen LogP contribution in [0.5, 0.6) is 0 Å². The fourth-order valence-electron chi connectivity index (χ4n) is 2.76. The molecule has 0 bridgehead atoms. The van der Waals surface area contributed by atoms with E-state index in [9.17, 15) is 4.79 Å². The minimum Gasteiger partial charge on any atom is -0.339 e. The number of aromatic nitrogens is 2. The second-order valence-corrected chi connectivity index (χ2v) is 7.04. The van der Waals surface area contributed by atoms with Crippen molar-refractivity contribution in [1.82, 2.24) is 14.9 Å². The number of benzene rings is 1. The molecule has 4 nitrogen and oxygen atoms in total. The molecule has 2 rings (SSSR count). The second-order valence-electron chi connectivity index (χ2n) is 5.86. The number of rotatable bonds is 7. The van der Waals surface area contributed by atoms with Crippen molar-refractivity contribution in [2.24, 2.45) is 0 Å². The van der Waals surface area contributed by atoms with Gasteiger partial charge in [0.25, 0.3) is 0 Å². The van der Waals surface area contributed by atoms with Crippen molar-refractivity contribution in [2.75, 3.05) is 12.8 Å². The summed E-state index contributed by atoms with van der Waals surface area (Å²) in [5.41, 5.74) is 3.96. The first-order valence-corrected chi connectivity index (χ1v) is 9.95. The number of halogens is 1. The Bertz CT molecular complexity index is 728. The Morgan fingerprint density at radius 2 is 1.84 bits per heavy atom. The molecule has 0 aliphatic heterocycles. The van der Waals surface area contributed by atoms with E-state index in [1.807, 2.05) is 56.2 Å².